The zero-order valence-corrected chi connectivity index (χ0v) is 13.8. The second kappa shape index (κ2) is 5.78. The molecule has 0 aliphatic heterocycles. The largest absolute Gasteiger partial charge is 0.393 e. The van der Waals surface area contributed by atoms with E-state index >= 15 is 0 Å². The summed E-state index contributed by atoms with van der Waals surface area (Å²) in [5.74, 6) is 1.76. The van der Waals surface area contributed by atoms with Crippen molar-refractivity contribution in [3.8, 4) is 0 Å². The summed E-state index contributed by atoms with van der Waals surface area (Å²) in [5, 5.41) is 14.6. The van der Waals surface area contributed by atoms with E-state index in [0.29, 0.717) is 6.04 Å². The number of rotatable bonds is 2. The summed E-state index contributed by atoms with van der Waals surface area (Å²) in [6, 6.07) is 0.429. The van der Waals surface area contributed by atoms with E-state index in [2.05, 4.69) is 22.2 Å². The van der Waals surface area contributed by atoms with Gasteiger partial charge in [-0.2, -0.15) is 0 Å². The first kappa shape index (κ1) is 14.4. The molecule has 0 aromatic carbocycles. The van der Waals surface area contributed by atoms with Crippen LogP contribution < -0.4 is 5.32 Å². The minimum absolute atomic E-state index is 0.113. The van der Waals surface area contributed by atoms with Gasteiger partial charge in [-0.15, -0.1) is 11.3 Å². The summed E-state index contributed by atoms with van der Waals surface area (Å²) in [4.78, 5) is 11.7. The zero-order valence-electron chi connectivity index (χ0n) is 13.0. The van der Waals surface area contributed by atoms with E-state index in [9.17, 15) is 5.11 Å². The third-order valence-corrected chi connectivity index (χ3v) is 6.32. The lowest BCUT2D eigenvalue weighted by Gasteiger charge is -2.27. The SMILES string of the molecule is CC1CCc2sc3ncnc(NC4CCC(O)CC4)c3c2C1. The number of aliphatic hydroxyl groups excluding tert-OH is 1. The minimum atomic E-state index is -0.113. The van der Waals surface area contributed by atoms with Crippen molar-refractivity contribution in [3.63, 3.8) is 0 Å². The second-order valence-corrected chi connectivity index (χ2v) is 7.99. The zero-order chi connectivity index (χ0) is 15.1. The van der Waals surface area contributed by atoms with E-state index in [0.717, 1.165) is 48.7 Å². The number of hydrogen-bond donors (Lipinski definition) is 2. The summed E-state index contributed by atoms with van der Waals surface area (Å²) in [5.41, 5.74) is 1.48. The molecule has 1 unspecified atom stereocenters. The summed E-state index contributed by atoms with van der Waals surface area (Å²) < 4.78 is 0. The van der Waals surface area contributed by atoms with Crippen LogP contribution in [-0.2, 0) is 12.8 Å². The Morgan fingerprint density at radius 2 is 2.00 bits per heavy atom. The topological polar surface area (TPSA) is 58.0 Å². The number of fused-ring (bicyclic) bond motifs is 3. The summed E-state index contributed by atoms with van der Waals surface area (Å²) in [6.07, 6.45) is 9.04. The van der Waals surface area contributed by atoms with Crippen LogP contribution in [0.5, 0.6) is 0 Å². The molecule has 0 radical (unpaired) electrons. The van der Waals surface area contributed by atoms with E-state index in [1.54, 1.807) is 6.33 Å². The fourth-order valence-corrected chi connectivity index (χ4v) is 4.99. The Labute approximate surface area is 135 Å². The third kappa shape index (κ3) is 2.61. The van der Waals surface area contributed by atoms with E-state index in [-0.39, 0.29) is 6.10 Å². The Kier molecular flexibility index (Phi) is 3.78. The number of aliphatic hydroxyl groups is 1. The molecule has 0 saturated heterocycles. The molecule has 1 fully saturated rings. The van der Waals surface area contributed by atoms with Gasteiger partial charge in [0, 0.05) is 10.9 Å². The molecule has 2 aromatic heterocycles. The van der Waals surface area contributed by atoms with E-state index in [4.69, 9.17) is 0 Å². The Hall–Kier alpha value is -1.20. The van der Waals surface area contributed by atoms with Gasteiger partial charge < -0.3 is 10.4 Å². The number of aromatic nitrogens is 2. The van der Waals surface area contributed by atoms with Gasteiger partial charge in [0.05, 0.1) is 11.5 Å². The first-order valence-corrected chi connectivity index (χ1v) is 9.22. The highest BCUT2D eigenvalue weighted by atomic mass is 32.1. The number of anilines is 1. The normalized spacial score (nSPS) is 28.5. The Balaban J connectivity index is 1.67. The van der Waals surface area contributed by atoms with Crippen molar-refractivity contribution in [2.24, 2.45) is 5.92 Å². The standard InChI is InChI=1S/C17H23N3OS/c1-10-2-7-14-13(8-10)15-16(18-9-19-17(15)22-14)20-11-3-5-12(21)6-4-11/h9-12,21H,2-8H2,1H3,(H,18,19,20). The molecule has 0 bridgehead atoms. The van der Waals surface area contributed by atoms with Crippen molar-refractivity contribution in [1.29, 1.82) is 0 Å². The smallest absolute Gasteiger partial charge is 0.138 e. The van der Waals surface area contributed by atoms with Gasteiger partial charge in [-0.05, 0) is 56.4 Å². The van der Waals surface area contributed by atoms with Gasteiger partial charge >= 0.3 is 0 Å². The van der Waals surface area contributed by atoms with Crippen LogP contribution in [0.2, 0.25) is 0 Å². The quantitative estimate of drug-likeness (QED) is 0.889. The number of nitrogens with zero attached hydrogens (tertiary/aromatic N) is 2. The number of aryl methyl sites for hydroxylation is 1. The van der Waals surface area contributed by atoms with Crippen LogP contribution in [0, 0.1) is 5.92 Å². The first-order valence-electron chi connectivity index (χ1n) is 8.40. The fraction of sp³-hybridized carbons (Fsp3) is 0.647. The first-order chi connectivity index (χ1) is 10.7. The molecule has 4 nitrogen and oxygen atoms in total. The van der Waals surface area contributed by atoms with Crippen LogP contribution in [0.25, 0.3) is 10.2 Å². The predicted molar refractivity (Wildman–Crippen MR) is 90.5 cm³/mol. The molecule has 1 atom stereocenters. The van der Waals surface area contributed by atoms with E-state index in [1.807, 2.05) is 11.3 Å². The van der Waals surface area contributed by atoms with Gasteiger partial charge in [-0.25, -0.2) is 9.97 Å². The molecule has 22 heavy (non-hydrogen) atoms. The van der Waals surface area contributed by atoms with Crippen molar-refractivity contribution < 1.29 is 5.11 Å². The van der Waals surface area contributed by atoms with Crippen LogP contribution in [0.15, 0.2) is 6.33 Å². The summed E-state index contributed by atoms with van der Waals surface area (Å²) >= 11 is 1.85. The van der Waals surface area contributed by atoms with Crippen LogP contribution >= 0.6 is 11.3 Å². The van der Waals surface area contributed by atoms with Gasteiger partial charge in [0.15, 0.2) is 0 Å². The molecule has 2 N–H and O–H groups in total. The maximum Gasteiger partial charge on any atom is 0.138 e. The van der Waals surface area contributed by atoms with Crippen molar-refractivity contribution in [2.45, 2.75) is 64.0 Å². The van der Waals surface area contributed by atoms with Gasteiger partial charge in [0.2, 0.25) is 0 Å². The van der Waals surface area contributed by atoms with Gasteiger partial charge in [0.1, 0.15) is 17.0 Å². The lowest BCUT2D eigenvalue weighted by atomic mass is 9.88. The predicted octanol–water partition coefficient (Wildman–Crippen LogP) is 3.53. The lowest BCUT2D eigenvalue weighted by molar-refractivity contribution is 0.126. The second-order valence-electron chi connectivity index (χ2n) is 6.90. The van der Waals surface area contributed by atoms with Crippen molar-refractivity contribution in [3.05, 3.63) is 16.8 Å². The van der Waals surface area contributed by atoms with Crippen molar-refractivity contribution in [2.75, 3.05) is 5.32 Å². The van der Waals surface area contributed by atoms with Crippen LogP contribution in [-0.4, -0.2) is 27.2 Å². The molecular weight excluding hydrogens is 294 g/mol. The molecule has 118 valence electrons. The highest BCUT2D eigenvalue weighted by Crippen LogP contribution is 2.40. The molecule has 2 aromatic rings. The van der Waals surface area contributed by atoms with Gasteiger partial charge in [-0.3, -0.25) is 0 Å². The van der Waals surface area contributed by atoms with Gasteiger partial charge in [0.25, 0.3) is 0 Å². The highest BCUT2D eigenvalue weighted by molar-refractivity contribution is 7.19. The molecule has 4 rings (SSSR count). The Morgan fingerprint density at radius 1 is 1.18 bits per heavy atom. The average Bonchev–Trinajstić information content (AvgIpc) is 2.88. The maximum atomic E-state index is 9.67. The molecule has 5 heteroatoms. The van der Waals surface area contributed by atoms with E-state index < -0.39 is 0 Å². The molecule has 2 heterocycles. The molecule has 2 aliphatic carbocycles. The molecule has 1 saturated carbocycles. The Bertz CT molecular complexity index is 676. The monoisotopic (exact) mass is 317 g/mol. The summed E-state index contributed by atoms with van der Waals surface area (Å²) in [6.45, 7) is 2.34. The van der Waals surface area contributed by atoms with E-state index in [1.165, 1.54) is 28.7 Å². The molecule has 0 amide bonds. The van der Waals surface area contributed by atoms with Crippen LogP contribution in [0.4, 0.5) is 5.82 Å². The fourth-order valence-electron chi connectivity index (χ4n) is 3.81. The van der Waals surface area contributed by atoms with Crippen molar-refractivity contribution in [1.82, 2.24) is 9.97 Å². The van der Waals surface area contributed by atoms with Crippen molar-refractivity contribution >= 4 is 27.4 Å². The number of nitrogens with one attached hydrogen (secondary N) is 1. The lowest BCUT2D eigenvalue weighted by Crippen LogP contribution is -2.28. The van der Waals surface area contributed by atoms with Crippen LogP contribution in [0.3, 0.4) is 0 Å². The highest BCUT2D eigenvalue weighted by Gasteiger charge is 2.25. The molecule has 0 spiro atoms. The Morgan fingerprint density at radius 3 is 2.82 bits per heavy atom. The average molecular weight is 317 g/mol. The van der Waals surface area contributed by atoms with Gasteiger partial charge in [-0.1, -0.05) is 6.92 Å². The molecular formula is C17H23N3OS. The van der Waals surface area contributed by atoms with Crippen LogP contribution in [0.1, 0.15) is 49.5 Å². The number of hydrogen-bond acceptors (Lipinski definition) is 5. The third-order valence-electron chi connectivity index (χ3n) is 5.13. The maximum absolute atomic E-state index is 9.67. The molecule has 2 aliphatic rings. The minimum Gasteiger partial charge on any atom is -0.393 e. The number of thiophene rings is 1. The summed E-state index contributed by atoms with van der Waals surface area (Å²) in [7, 11) is 0.